The molecule has 0 bridgehead atoms. The van der Waals surface area contributed by atoms with E-state index < -0.39 is 0 Å². The van der Waals surface area contributed by atoms with Crippen molar-refractivity contribution in [2.75, 3.05) is 11.4 Å². The van der Waals surface area contributed by atoms with E-state index in [4.69, 9.17) is 0 Å². The topological polar surface area (TPSA) is 71.3 Å². The van der Waals surface area contributed by atoms with Crippen LogP contribution in [0.1, 0.15) is 12.8 Å². The average molecular weight is 283 g/mol. The fourth-order valence-electron chi connectivity index (χ4n) is 2.50. The summed E-state index contributed by atoms with van der Waals surface area (Å²) in [5.41, 5.74) is 0.504. The highest BCUT2D eigenvalue weighted by molar-refractivity contribution is 6.19. The Morgan fingerprint density at radius 1 is 1.19 bits per heavy atom. The number of pyridine rings is 1. The van der Waals surface area contributed by atoms with E-state index in [9.17, 15) is 9.59 Å². The van der Waals surface area contributed by atoms with E-state index in [1.165, 1.54) is 11.1 Å². The largest absolute Gasteiger partial charge is 0.332 e. The van der Waals surface area contributed by atoms with Gasteiger partial charge in [0.1, 0.15) is 6.54 Å². The molecule has 2 aliphatic rings. The van der Waals surface area contributed by atoms with Gasteiger partial charge in [0, 0.05) is 18.4 Å². The molecule has 1 aliphatic carbocycles. The number of imide groups is 1. The summed E-state index contributed by atoms with van der Waals surface area (Å²) in [6, 6.07) is 5.26. The Kier molecular flexibility index (Phi) is 2.53. The molecular formula is C14H13N5O2. The van der Waals surface area contributed by atoms with Crippen molar-refractivity contribution in [2.24, 2.45) is 0 Å². The molecule has 0 unspecified atom stereocenters. The van der Waals surface area contributed by atoms with Gasteiger partial charge in [-0.3, -0.25) is 4.79 Å². The van der Waals surface area contributed by atoms with Gasteiger partial charge in [-0.05, 0) is 31.0 Å². The van der Waals surface area contributed by atoms with Crippen molar-refractivity contribution in [3.63, 3.8) is 0 Å². The van der Waals surface area contributed by atoms with Crippen molar-refractivity contribution in [1.29, 1.82) is 0 Å². The molecule has 4 rings (SSSR count). The molecule has 0 atom stereocenters. The van der Waals surface area contributed by atoms with Gasteiger partial charge in [0.05, 0.1) is 11.9 Å². The van der Waals surface area contributed by atoms with Gasteiger partial charge < -0.3 is 4.90 Å². The Balaban J connectivity index is 1.61. The molecule has 21 heavy (non-hydrogen) atoms. The number of urea groups is 1. The average Bonchev–Trinajstić information content (AvgIpc) is 3.09. The molecule has 7 heteroatoms. The van der Waals surface area contributed by atoms with Crippen LogP contribution in [-0.4, -0.2) is 44.2 Å². The summed E-state index contributed by atoms with van der Waals surface area (Å²) < 4.78 is 1.62. The van der Waals surface area contributed by atoms with Gasteiger partial charge in [0.25, 0.3) is 5.91 Å². The van der Waals surface area contributed by atoms with Crippen molar-refractivity contribution in [2.45, 2.75) is 18.9 Å². The predicted molar refractivity (Wildman–Crippen MR) is 74.0 cm³/mol. The standard InChI is InChI=1S/C14H13N5O2/c20-13-9-17(10-2-3-10)14(21)19(13)11-4-5-12(15-8-11)18-7-1-6-16-18/h1,4-8,10H,2-3,9H2. The van der Waals surface area contributed by atoms with Gasteiger partial charge >= 0.3 is 6.03 Å². The lowest BCUT2D eigenvalue weighted by Gasteiger charge is -2.16. The lowest BCUT2D eigenvalue weighted by Crippen LogP contribution is -2.34. The summed E-state index contributed by atoms with van der Waals surface area (Å²) in [6.45, 7) is 0.171. The first-order valence-electron chi connectivity index (χ1n) is 6.83. The Bertz CT molecular complexity index is 691. The molecule has 0 aromatic carbocycles. The van der Waals surface area contributed by atoms with E-state index >= 15 is 0 Å². The quantitative estimate of drug-likeness (QED) is 0.793. The summed E-state index contributed by atoms with van der Waals surface area (Å²) >= 11 is 0. The van der Waals surface area contributed by atoms with E-state index in [0.717, 1.165) is 12.8 Å². The van der Waals surface area contributed by atoms with Gasteiger partial charge in [0.15, 0.2) is 5.82 Å². The maximum Gasteiger partial charge on any atom is 0.332 e. The molecule has 3 amide bonds. The second kappa shape index (κ2) is 4.41. The SMILES string of the molecule is O=C1CN(C2CC2)C(=O)N1c1ccc(-n2cccn2)nc1. The van der Waals surface area contributed by atoms with E-state index in [1.54, 1.807) is 40.2 Å². The minimum atomic E-state index is -0.240. The minimum absolute atomic E-state index is 0.171. The van der Waals surface area contributed by atoms with Crippen LogP contribution in [0, 0.1) is 0 Å². The number of aromatic nitrogens is 3. The molecule has 2 aromatic rings. The number of carbonyl (C=O) groups is 2. The van der Waals surface area contributed by atoms with Crippen LogP contribution in [0.25, 0.3) is 5.82 Å². The number of anilines is 1. The van der Waals surface area contributed by atoms with Gasteiger partial charge in [-0.25, -0.2) is 19.4 Å². The van der Waals surface area contributed by atoms with Crippen LogP contribution in [0.4, 0.5) is 10.5 Å². The molecule has 3 heterocycles. The van der Waals surface area contributed by atoms with Crippen molar-refractivity contribution >= 4 is 17.6 Å². The highest BCUT2D eigenvalue weighted by atomic mass is 16.2. The number of nitrogens with zero attached hydrogens (tertiary/aromatic N) is 5. The Hall–Kier alpha value is -2.70. The zero-order valence-electron chi connectivity index (χ0n) is 11.2. The molecule has 1 saturated carbocycles. The molecule has 7 nitrogen and oxygen atoms in total. The molecule has 1 saturated heterocycles. The van der Waals surface area contributed by atoms with Gasteiger partial charge in [-0.1, -0.05) is 0 Å². The molecule has 0 spiro atoms. The second-order valence-electron chi connectivity index (χ2n) is 5.20. The molecule has 2 fully saturated rings. The summed E-state index contributed by atoms with van der Waals surface area (Å²) in [4.78, 5) is 31.5. The highest BCUT2D eigenvalue weighted by Gasteiger charge is 2.44. The summed E-state index contributed by atoms with van der Waals surface area (Å²) in [6.07, 6.45) is 6.95. The van der Waals surface area contributed by atoms with Crippen LogP contribution >= 0.6 is 0 Å². The molecule has 0 N–H and O–H groups in total. The molecular weight excluding hydrogens is 270 g/mol. The maximum absolute atomic E-state index is 12.3. The third-order valence-electron chi connectivity index (χ3n) is 3.71. The van der Waals surface area contributed by atoms with Crippen molar-refractivity contribution in [3.8, 4) is 5.82 Å². The first kappa shape index (κ1) is 12.1. The fourth-order valence-corrected chi connectivity index (χ4v) is 2.50. The summed E-state index contributed by atoms with van der Waals surface area (Å²) in [5, 5.41) is 4.09. The first-order valence-corrected chi connectivity index (χ1v) is 6.83. The van der Waals surface area contributed by atoms with Crippen LogP contribution in [0.3, 0.4) is 0 Å². The minimum Gasteiger partial charge on any atom is -0.312 e. The van der Waals surface area contributed by atoms with Gasteiger partial charge in [-0.15, -0.1) is 0 Å². The fraction of sp³-hybridized carbons (Fsp3) is 0.286. The van der Waals surface area contributed by atoms with E-state index in [2.05, 4.69) is 10.1 Å². The maximum atomic E-state index is 12.3. The Morgan fingerprint density at radius 2 is 2.05 bits per heavy atom. The monoisotopic (exact) mass is 283 g/mol. The summed E-state index contributed by atoms with van der Waals surface area (Å²) in [7, 11) is 0. The van der Waals surface area contributed by atoms with Gasteiger partial charge in [0.2, 0.25) is 0 Å². The van der Waals surface area contributed by atoms with E-state index in [1.807, 2.05) is 0 Å². The predicted octanol–water partition coefficient (Wildman–Crippen LogP) is 1.20. The third kappa shape index (κ3) is 1.97. The highest BCUT2D eigenvalue weighted by Crippen LogP contribution is 2.32. The summed E-state index contributed by atoms with van der Waals surface area (Å²) in [5.74, 6) is 0.447. The Labute approximate surface area is 120 Å². The van der Waals surface area contributed by atoms with Gasteiger partial charge in [-0.2, -0.15) is 5.10 Å². The number of carbonyl (C=O) groups excluding carboxylic acids is 2. The number of rotatable bonds is 3. The zero-order valence-corrected chi connectivity index (χ0v) is 11.2. The van der Waals surface area contributed by atoms with E-state index in [0.29, 0.717) is 11.5 Å². The first-order chi connectivity index (χ1) is 10.2. The zero-order chi connectivity index (χ0) is 14.4. The Morgan fingerprint density at radius 3 is 2.67 bits per heavy atom. The van der Waals surface area contributed by atoms with Crippen molar-refractivity contribution in [1.82, 2.24) is 19.7 Å². The molecule has 1 aliphatic heterocycles. The van der Waals surface area contributed by atoms with Crippen LogP contribution in [0.5, 0.6) is 0 Å². The van der Waals surface area contributed by atoms with Crippen LogP contribution < -0.4 is 4.90 Å². The lowest BCUT2D eigenvalue weighted by atomic mass is 10.3. The lowest BCUT2D eigenvalue weighted by molar-refractivity contribution is -0.116. The molecule has 0 radical (unpaired) electrons. The third-order valence-corrected chi connectivity index (χ3v) is 3.71. The van der Waals surface area contributed by atoms with Crippen molar-refractivity contribution < 1.29 is 9.59 Å². The molecule has 106 valence electrons. The number of amides is 3. The number of hydrogen-bond acceptors (Lipinski definition) is 4. The second-order valence-corrected chi connectivity index (χ2v) is 5.20. The smallest absolute Gasteiger partial charge is 0.312 e. The molecule has 2 aromatic heterocycles. The van der Waals surface area contributed by atoms with Crippen LogP contribution in [-0.2, 0) is 4.79 Å². The van der Waals surface area contributed by atoms with Crippen LogP contribution in [0.2, 0.25) is 0 Å². The van der Waals surface area contributed by atoms with E-state index in [-0.39, 0.29) is 24.5 Å². The van der Waals surface area contributed by atoms with Crippen molar-refractivity contribution in [3.05, 3.63) is 36.8 Å². The normalized spacial score (nSPS) is 18.7. The van der Waals surface area contributed by atoms with Crippen LogP contribution in [0.15, 0.2) is 36.8 Å². The number of hydrogen-bond donors (Lipinski definition) is 0.